The van der Waals surface area contributed by atoms with E-state index in [0.29, 0.717) is 6.54 Å². The van der Waals surface area contributed by atoms with Gasteiger partial charge in [0.05, 0.1) is 0 Å². The molecule has 0 bridgehead atoms. The van der Waals surface area contributed by atoms with Gasteiger partial charge in [-0.15, -0.1) is 0 Å². The highest BCUT2D eigenvalue weighted by Crippen LogP contribution is 2.18. The molecule has 0 unspecified atom stereocenters. The quantitative estimate of drug-likeness (QED) is 0.690. The van der Waals surface area contributed by atoms with Gasteiger partial charge in [0.2, 0.25) is 0 Å². The molecule has 0 saturated carbocycles. The van der Waals surface area contributed by atoms with E-state index in [-0.39, 0.29) is 11.6 Å². The lowest BCUT2D eigenvalue weighted by Gasteiger charge is -2.32. The van der Waals surface area contributed by atoms with Crippen molar-refractivity contribution in [2.75, 3.05) is 13.1 Å². The molecule has 0 saturated heterocycles. The van der Waals surface area contributed by atoms with Gasteiger partial charge in [-0.05, 0) is 40.0 Å². The number of hydrogen-bond donors (Lipinski definition) is 2. The summed E-state index contributed by atoms with van der Waals surface area (Å²) in [6.45, 7) is 13.5. The summed E-state index contributed by atoms with van der Waals surface area (Å²) in [6, 6.07) is 0. The first kappa shape index (κ1) is 17.2. The fraction of sp³-hybridized carbons (Fsp3) is 0.929. The van der Waals surface area contributed by atoms with Crippen LogP contribution in [0.2, 0.25) is 0 Å². The lowest BCUT2D eigenvalue weighted by atomic mass is 9.90. The number of carbonyl (C=O) groups is 1. The monoisotopic (exact) mass is 258 g/mol. The fourth-order valence-electron chi connectivity index (χ4n) is 1.93. The molecule has 0 aromatic carbocycles. The number of ether oxygens (including phenoxy) is 1. The lowest BCUT2D eigenvalue weighted by molar-refractivity contribution is 0.0526. The minimum atomic E-state index is -0.433. The average Bonchev–Trinajstić information content (AvgIpc) is 2.28. The number of hydrogen-bond acceptors (Lipinski definition) is 3. The van der Waals surface area contributed by atoms with E-state index in [1.165, 1.54) is 0 Å². The summed E-state index contributed by atoms with van der Waals surface area (Å²) in [7, 11) is 0. The molecule has 0 heterocycles. The second kappa shape index (κ2) is 7.62. The van der Waals surface area contributed by atoms with Crippen LogP contribution in [-0.4, -0.2) is 30.3 Å². The van der Waals surface area contributed by atoms with Gasteiger partial charge in [0.25, 0.3) is 0 Å². The largest absolute Gasteiger partial charge is 0.444 e. The minimum absolute atomic E-state index is 0.204. The normalized spacial score (nSPS) is 12.3. The first-order chi connectivity index (χ1) is 8.28. The molecule has 108 valence electrons. The van der Waals surface area contributed by atoms with Crippen molar-refractivity contribution in [3.05, 3.63) is 0 Å². The van der Waals surface area contributed by atoms with E-state index in [1.807, 2.05) is 20.8 Å². The highest BCUT2D eigenvalue weighted by molar-refractivity contribution is 5.67. The third kappa shape index (κ3) is 6.84. The van der Waals surface area contributed by atoms with Crippen LogP contribution in [0.3, 0.4) is 0 Å². The van der Waals surface area contributed by atoms with Crippen molar-refractivity contribution in [3.8, 4) is 0 Å². The smallest absolute Gasteiger partial charge is 0.407 e. The van der Waals surface area contributed by atoms with Gasteiger partial charge in [-0.2, -0.15) is 0 Å². The molecular weight excluding hydrogens is 228 g/mol. The Balaban J connectivity index is 3.89. The molecule has 0 spiro atoms. The topological polar surface area (TPSA) is 50.4 Å². The maximum atomic E-state index is 11.4. The summed E-state index contributed by atoms with van der Waals surface area (Å²) in [5.74, 6) is 0. The molecule has 0 fully saturated rings. The zero-order valence-corrected chi connectivity index (χ0v) is 12.9. The molecule has 2 N–H and O–H groups in total. The van der Waals surface area contributed by atoms with E-state index in [0.717, 1.165) is 25.8 Å². The molecule has 4 heteroatoms. The zero-order valence-electron chi connectivity index (χ0n) is 12.9. The van der Waals surface area contributed by atoms with E-state index in [1.54, 1.807) is 0 Å². The predicted molar refractivity (Wildman–Crippen MR) is 75.8 cm³/mol. The highest BCUT2D eigenvalue weighted by atomic mass is 16.6. The van der Waals surface area contributed by atoms with E-state index in [2.05, 4.69) is 31.4 Å². The van der Waals surface area contributed by atoms with Gasteiger partial charge in [-0.3, -0.25) is 0 Å². The van der Waals surface area contributed by atoms with Crippen LogP contribution in [0.4, 0.5) is 4.79 Å². The van der Waals surface area contributed by atoms with Gasteiger partial charge in [0, 0.05) is 18.6 Å². The zero-order chi connectivity index (χ0) is 14.2. The number of alkyl carbamates (subject to hydrolysis) is 1. The molecule has 0 rings (SSSR count). The Hall–Kier alpha value is -0.770. The molecular formula is C14H30N2O2. The second-order valence-corrected chi connectivity index (χ2v) is 5.70. The van der Waals surface area contributed by atoms with E-state index < -0.39 is 5.60 Å². The first-order valence-corrected chi connectivity index (χ1v) is 7.00. The number of amides is 1. The van der Waals surface area contributed by atoms with Crippen LogP contribution < -0.4 is 10.6 Å². The van der Waals surface area contributed by atoms with Crippen molar-refractivity contribution < 1.29 is 9.53 Å². The van der Waals surface area contributed by atoms with Crippen molar-refractivity contribution in [2.45, 2.75) is 71.9 Å². The average molecular weight is 258 g/mol. The van der Waals surface area contributed by atoms with E-state index in [4.69, 9.17) is 4.74 Å². The Morgan fingerprint density at radius 1 is 1.00 bits per heavy atom. The van der Waals surface area contributed by atoms with Crippen LogP contribution in [0.25, 0.3) is 0 Å². The summed E-state index contributed by atoms with van der Waals surface area (Å²) in [6.07, 6.45) is 2.96. The highest BCUT2D eigenvalue weighted by Gasteiger charge is 2.22. The summed E-state index contributed by atoms with van der Waals surface area (Å²) < 4.78 is 5.17. The van der Waals surface area contributed by atoms with Gasteiger partial charge in [-0.1, -0.05) is 20.8 Å². The molecule has 18 heavy (non-hydrogen) atoms. The maximum Gasteiger partial charge on any atom is 0.407 e. The van der Waals surface area contributed by atoms with Crippen LogP contribution >= 0.6 is 0 Å². The van der Waals surface area contributed by atoms with Crippen LogP contribution in [0.1, 0.15) is 60.8 Å². The van der Waals surface area contributed by atoms with E-state index in [9.17, 15) is 4.79 Å². The van der Waals surface area contributed by atoms with Crippen LogP contribution in [0.5, 0.6) is 0 Å². The van der Waals surface area contributed by atoms with Gasteiger partial charge >= 0.3 is 6.09 Å². The summed E-state index contributed by atoms with van der Waals surface area (Å²) in [4.78, 5) is 11.4. The van der Waals surface area contributed by atoms with Crippen LogP contribution in [-0.2, 0) is 4.74 Å². The number of rotatable bonds is 7. The molecule has 1 amide bonds. The SMILES string of the molecule is CCC(CC)(CC)NCCNC(=O)OC(C)(C)C. The molecule has 0 aliphatic carbocycles. The van der Waals surface area contributed by atoms with Gasteiger partial charge in [0.15, 0.2) is 0 Å². The Labute approximate surface area is 112 Å². The first-order valence-electron chi connectivity index (χ1n) is 7.00. The standard InChI is InChI=1S/C14H30N2O2/c1-7-14(8-2,9-3)16-11-10-15-12(17)18-13(4,5)6/h16H,7-11H2,1-6H3,(H,15,17). The molecule has 0 radical (unpaired) electrons. The van der Waals surface area contributed by atoms with Crippen molar-refractivity contribution in [1.29, 1.82) is 0 Å². The van der Waals surface area contributed by atoms with Crippen molar-refractivity contribution in [2.24, 2.45) is 0 Å². The van der Waals surface area contributed by atoms with E-state index >= 15 is 0 Å². The van der Waals surface area contributed by atoms with Crippen molar-refractivity contribution in [1.82, 2.24) is 10.6 Å². The van der Waals surface area contributed by atoms with Crippen LogP contribution in [0, 0.1) is 0 Å². The molecule has 4 nitrogen and oxygen atoms in total. The molecule has 0 atom stereocenters. The Morgan fingerprint density at radius 3 is 1.89 bits per heavy atom. The van der Waals surface area contributed by atoms with Crippen LogP contribution in [0.15, 0.2) is 0 Å². The predicted octanol–water partition coefficient (Wildman–Crippen LogP) is 3.07. The molecule has 0 aromatic rings. The van der Waals surface area contributed by atoms with Crippen molar-refractivity contribution >= 4 is 6.09 Å². The number of carbonyl (C=O) groups excluding carboxylic acids is 1. The fourth-order valence-corrected chi connectivity index (χ4v) is 1.93. The van der Waals surface area contributed by atoms with Gasteiger partial charge < -0.3 is 15.4 Å². The lowest BCUT2D eigenvalue weighted by Crippen LogP contribution is -2.47. The van der Waals surface area contributed by atoms with Crippen molar-refractivity contribution in [3.63, 3.8) is 0 Å². The summed E-state index contributed by atoms with van der Waals surface area (Å²) in [5.41, 5.74) is -0.229. The second-order valence-electron chi connectivity index (χ2n) is 5.70. The molecule has 0 aromatic heterocycles. The summed E-state index contributed by atoms with van der Waals surface area (Å²) >= 11 is 0. The maximum absolute atomic E-state index is 11.4. The Morgan fingerprint density at radius 2 is 1.50 bits per heavy atom. The third-order valence-electron chi connectivity index (χ3n) is 3.32. The molecule has 0 aliphatic rings. The Kier molecular flexibility index (Phi) is 7.29. The van der Waals surface area contributed by atoms with Gasteiger partial charge in [-0.25, -0.2) is 4.79 Å². The number of nitrogens with one attached hydrogen (secondary N) is 2. The minimum Gasteiger partial charge on any atom is -0.444 e. The Bertz CT molecular complexity index is 234. The molecule has 0 aliphatic heterocycles. The third-order valence-corrected chi connectivity index (χ3v) is 3.32. The summed E-state index contributed by atoms with van der Waals surface area (Å²) in [5, 5.41) is 6.29. The van der Waals surface area contributed by atoms with Gasteiger partial charge in [0.1, 0.15) is 5.60 Å².